The van der Waals surface area contributed by atoms with Crippen LogP contribution in [0.3, 0.4) is 0 Å². The van der Waals surface area contributed by atoms with Gasteiger partial charge >= 0.3 is 0 Å². The fraction of sp³-hybridized carbons (Fsp3) is 0.591. The molecule has 0 aromatic heterocycles. The lowest BCUT2D eigenvalue weighted by atomic mass is 9.53. The first-order chi connectivity index (χ1) is 12.8. The van der Waals surface area contributed by atoms with Crippen LogP contribution in [-0.2, 0) is 14.9 Å². The van der Waals surface area contributed by atoms with Crippen LogP contribution in [0, 0.1) is 11.8 Å². The lowest BCUT2D eigenvalue weighted by Gasteiger charge is -2.59. The van der Waals surface area contributed by atoms with Gasteiger partial charge in [-0.25, -0.2) is 0 Å². The summed E-state index contributed by atoms with van der Waals surface area (Å²) in [5.74, 6) is 1.34. The molecule has 4 nitrogen and oxygen atoms in total. The number of hydrogen-bond donors (Lipinski definition) is 0. The van der Waals surface area contributed by atoms with Gasteiger partial charge in [-0.15, -0.1) is 0 Å². The van der Waals surface area contributed by atoms with Crippen LogP contribution in [0.4, 0.5) is 5.69 Å². The molecule has 1 spiro atoms. The Morgan fingerprint density at radius 3 is 3.12 bits per heavy atom. The largest absolute Gasteiger partial charge is 0.377 e. The zero-order valence-corrected chi connectivity index (χ0v) is 14.9. The molecule has 6 atom stereocenters. The fourth-order valence-corrected chi connectivity index (χ4v) is 7.69. The van der Waals surface area contributed by atoms with Crippen molar-refractivity contribution in [2.75, 3.05) is 24.6 Å². The molecule has 5 heterocycles. The van der Waals surface area contributed by atoms with Crippen molar-refractivity contribution in [3.05, 3.63) is 41.5 Å². The molecule has 5 aliphatic heterocycles. The molecule has 1 saturated carbocycles. The molecular formula is C22H24N2O2. The van der Waals surface area contributed by atoms with Crippen molar-refractivity contribution in [3.8, 4) is 0 Å². The summed E-state index contributed by atoms with van der Waals surface area (Å²) in [4.78, 5) is 18.2. The molecule has 26 heavy (non-hydrogen) atoms. The minimum atomic E-state index is 0.108. The van der Waals surface area contributed by atoms with Gasteiger partial charge < -0.3 is 9.64 Å². The summed E-state index contributed by atoms with van der Waals surface area (Å²) in [7, 11) is 0. The average molecular weight is 348 g/mol. The minimum absolute atomic E-state index is 0.108. The number of benzene rings is 1. The molecule has 4 heteroatoms. The first kappa shape index (κ1) is 14.4. The van der Waals surface area contributed by atoms with Crippen LogP contribution in [0.1, 0.15) is 31.2 Å². The lowest BCUT2D eigenvalue weighted by Crippen LogP contribution is -2.69. The quantitative estimate of drug-likeness (QED) is 0.676. The number of piperidine rings is 2. The number of para-hydroxylation sites is 1. The van der Waals surface area contributed by atoms with Gasteiger partial charge in [0.1, 0.15) is 0 Å². The van der Waals surface area contributed by atoms with Gasteiger partial charge in [-0.3, -0.25) is 9.69 Å². The fourth-order valence-electron chi connectivity index (χ4n) is 7.69. The molecule has 1 aromatic rings. The van der Waals surface area contributed by atoms with Crippen molar-refractivity contribution in [1.29, 1.82) is 0 Å². The van der Waals surface area contributed by atoms with Crippen molar-refractivity contribution in [3.63, 3.8) is 0 Å². The van der Waals surface area contributed by atoms with Gasteiger partial charge in [0, 0.05) is 29.6 Å². The van der Waals surface area contributed by atoms with E-state index in [0.717, 1.165) is 19.6 Å². The average Bonchev–Trinajstić information content (AvgIpc) is 3.18. The summed E-state index contributed by atoms with van der Waals surface area (Å²) in [6.07, 6.45) is 6.57. The number of carbonyl (C=O) groups is 1. The molecule has 0 radical (unpaired) electrons. The second kappa shape index (κ2) is 4.60. The minimum Gasteiger partial charge on any atom is -0.377 e. The van der Waals surface area contributed by atoms with Crippen LogP contribution < -0.4 is 4.90 Å². The molecule has 134 valence electrons. The highest BCUT2D eigenvalue weighted by atomic mass is 16.5. The van der Waals surface area contributed by atoms with E-state index in [4.69, 9.17) is 4.74 Å². The Hall–Kier alpha value is -1.65. The molecule has 4 fully saturated rings. The van der Waals surface area contributed by atoms with Gasteiger partial charge in [0.05, 0.1) is 25.2 Å². The first-order valence-electron chi connectivity index (χ1n) is 10.3. The summed E-state index contributed by atoms with van der Waals surface area (Å²) in [5, 5.41) is 0. The molecule has 6 unspecified atom stereocenters. The number of ether oxygens (including phenoxy) is 1. The van der Waals surface area contributed by atoms with Crippen LogP contribution in [0.15, 0.2) is 35.9 Å². The molecule has 1 aliphatic carbocycles. The van der Waals surface area contributed by atoms with Crippen LogP contribution in [0.25, 0.3) is 0 Å². The number of anilines is 1. The normalized spacial score (nSPS) is 45.1. The van der Waals surface area contributed by atoms with E-state index in [0.29, 0.717) is 30.3 Å². The van der Waals surface area contributed by atoms with Crippen molar-refractivity contribution in [2.45, 2.75) is 49.3 Å². The van der Waals surface area contributed by atoms with E-state index in [-0.39, 0.29) is 17.4 Å². The maximum atomic E-state index is 13.3. The predicted molar refractivity (Wildman–Crippen MR) is 98.0 cm³/mol. The molecule has 6 aliphatic rings. The van der Waals surface area contributed by atoms with E-state index in [1.165, 1.54) is 30.6 Å². The zero-order chi connectivity index (χ0) is 17.0. The monoisotopic (exact) mass is 348 g/mol. The third-order valence-corrected chi connectivity index (χ3v) is 8.42. The van der Waals surface area contributed by atoms with Crippen LogP contribution >= 0.6 is 0 Å². The first-order valence-corrected chi connectivity index (χ1v) is 10.3. The maximum Gasteiger partial charge on any atom is 0.229 e. The Kier molecular flexibility index (Phi) is 2.55. The summed E-state index contributed by atoms with van der Waals surface area (Å²) >= 11 is 0. The molecule has 1 amide bonds. The summed E-state index contributed by atoms with van der Waals surface area (Å²) < 4.78 is 6.32. The zero-order valence-electron chi connectivity index (χ0n) is 14.9. The van der Waals surface area contributed by atoms with Gasteiger partial charge in [0.15, 0.2) is 0 Å². The summed E-state index contributed by atoms with van der Waals surface area (Å²) in [5.41, 5.74) is 4.41. The SMILES string of the molecule is O=C1CC2OCCC=C3CN4CCC56c7ccccc7N1C5C2C3CC46. The number of hydrogen-bond acceptors (Lipinski definition) is 3. The summed E-state index contributed by atoms with van der Waals surface area (Å²) in [6.45, 7) is 3.07. The maximum absolute atomic E-state index is 13.3. The third-order valence-electron chi connectivity index (χ3n) is 8.42. The Balaban J connectivity index is 1.53. The van der Waals surface area contributed by atoms with E-state index in [9.17, 15) is 4.79 Å². The van der Waals surface area contributed by atoms with Gasteiger partial charge in [0.2, 0.25) is 5.91 Å². The van der Waals surface area contributed by atoms with Gasteiger partial charge in [-0.05, 0) is 43.4 Å². The third kappa shape index (κ3) is 1.43. The molecule has 2 bridgehead atoms. The molecule has 7 rings (SSSR count). The van der Waals surface area contributed by atoms with Crippen LogP contribution in [-0.4, -0.2) is 48.7 Å². The number of fused-ring (bicyclic) bond motifs is 2. The molecule has 3 saturated heterocycles. The topological polar surface area (TPSA) is 32.8 Å². The molecule has 1 aromatic carbocycles. The lowest BCUT2D eigenvalue weighted by molar-refractivity contribution is -0.135. The number of rotatable bonds is 0. The van der Waals surface area contributed by atoms with E-state index in [1.807, 2.05) is 0 Å². The second-order valence-corrected chi connectivity index (χ2v) is 9.10. The van der Waals surface area contributed by atoms with Gasteiger partial charge in [0.25, 0.3) is 0 Å². The number of nitrogens with zero attached hydrogens (tertiary/aromatic N) is 2. The Morgan fingerprint density at radius 1 is 1.23 bits per heavy atom. The van der Waals surface area contributed by atoms with Crippen molar-refractivity contribution >= 4 is 11.6 Å². The van der Waals surface area contributed by atoms with Crippen molar-refractivity contribution in [2.24, 2.45) is 11.8 Å². The summed E-state index contributed by atoms with van der Waals surface area (Å²) in [6, 6.07) is 9.66. The number of amides is 1. The number of carbonyl (C=O) groups excluding carboxylic acids is 1. The second-order valence-electron chi connectivity index (χ2n) is 9.10. The molecule has 0 N–H and O–H groups in total. The van der Waals surface area contributed by atoms with Gasteiger partial charge in [-0.2, -0.15) is 0 Å². The Bertz CT molecular complexity index is 863. The predicted octanol–water partition coefficient (Wildman–Crippen LogP) is 2.48. The highest BCUT2D eigenvalue weighted by Gasteiger charge is 2.70. The standard InChI is InChI=1S/C22H24N2O2/c25-19-11-17-20-14-10-18-22(7-8-23(18)12-13(14)4-3-9-26-17)15-5-1-2-6-16(15)24(19)21(20)22/h1-2,4-6,14,17-18,20-21H,3,7-12H2. The molecular weight excluding hydrogens is 324 g/mol. The highest BCUT2D eigenvalue weighted by molar-refractivity contribution is 5.99. The van der Waals surface area contributed by atoms with Crippen molar-refractivity contribution in [1.82, 2.24) is 4.90 Å². The van der Waals surface area contributed by atoms with E-state index < -0.39 is 0 Å². The Morgan fingerprint density at radius 2 is 2.15 bits per heavy atom. The van der Waals surface area contributed by atoms with E-state index >= 15 is 0 Å². The van der Waals surface area contributed by atoms with Crippen LogP contribution in [0.2, 0.25) is 0 Å². The van der Waals surface area contributed by atoms with Gasteiger partial charge in [-0.1, -0.05) is 29.8 Å². The van der Waals surface area contributed by atoms with Crippen LogP contribution in [0.5, 0.6) is 0 Å². The smallest absolute Gasteiger partial charge is 0.229 e. The van der Waals surface area contributed by atoms with Crippen molar-refractivity contribution < 1.29 is 9.53 Å². The Labute approximate surface area is 153 Å². The highest BCUT2D eigenvalue weighted by Crippen LogP contribution is 2.65. The van der Waals surface area contributed by atoms with E-state index in [2.05, 4.69) is 40.1 Å². The van der Waals surface area contributed by atoms with E-state index in [1.54, 1.807) is 5.57 Å².